The summed E-state index contributed by atoms with van der Waals surface area (Å²) in [6, 6.07) is 0.0215. The standard InChI is InChI=1S/C11H22N2O3/c1-9(8-15-3)12-10(2)11(14)13-4-6-16-7-5-13/h9-10,12H,4-8H2,1-3H3. The van der Waals surface area contributed by atoms with Gasteiger partial charge in [0.2, 0.25) is 5.91 Å². The Kier molecular flexibility index (Phi) is 5.73. The molecule has 1 aliphatic heterocycles. The van der Waals surface area contributed by atoms with E-state index in [0.29, 0.717) is 32.9 Å². The maximum atomic E-state index is 12.0. The zero-order chi connectivity index (χ0) is 12.0. The zero-order valence-electron chi connectivity index (χ0n) is 10.4. The summed E-state index contributed by atoms with van der Waals surface area (Å²) in [4.78, 5) is 13.9. The number of hydrogen-bond acceptors (Lipinski definition) is 4. The number of nitrogens with one attached hydrogen (secondary N) is 1. The number of nitrogens with zero attached hydrogens (tertiary/aromatic N) is 1. The number of carbonyl (C=O) groups excluding carboxylic acids is 1. The van der Waals surface area contributed by atoms with Crippen LogP contribution in [0, 0.1) is 0 Å². The molecule has 2 atom stereocenters. The fourth-order valence-corrected chi connectivity index (χ4v) is 1.85. The fraction of sp³-hybridized carbons (Fsp3) is 0.909. The van der Waals surface area contributed by atoms with Gasteiger partial charge in [-0.25, -0.2) is 0 Å². The van der Waals surface area contributed by atoms with Crippen LogP contribution in [-0.4, -0.2) is 62.9 Å². The van der Waals surface area contributed by atoms with E-state index >= 15 is 0 Å². The van der Waals surface area contributed by atoms with E-state index in [1.54, 1.807) is 7.11 Å². The molecule has 16 heavy (non-hydrogen) atoms. The molecule has 94 valence electrons. The minimum absolute atomic E-state index is 0.145. The minimum Gasteiger partial charge on any atom is -0.383 e. The third-order valence-electron chi connectivity index (χ3n) is 2.64. The van der Waals surface area contributed by atoms with Crippen LogP contribution in [0.2, 0.25) is 0 Å². The Labute approximate surface area is 97.1 Å². The van der Waals surface area contributed by atoms with Crippen LogP contribution in [0.15, 0.2) is 0 Å². The lowest BCUT2D eigenvalue weighted by atomic mass is 10.2. The molecule has 1 saturated heterocycles. The molecule has 2 unspecified atom stereocenters. The average molecular weight is 230 g/mol. The average Bonchev–Trinajstić information content (AvgIpc) is 2.29. The van der Waals surface area contributed by atoms with Gasteiger partial charge < -0.3 is 19.7 Å². The molecule has 0 aliphatic carbocycles. The molecule has 0 aromatic heterocycles. The molecule has 1 aliphatic rings. The summed E-state index contributed by atoms with van der Waals surface area (Å²) in [7, 11) is 1.66. The molecule has 0 bridgehead atoms. The first-order valence-electron chi connectivity index (χ1n) is 5.76. The van der Waals surface area contributed by atoms with E-state index in [2.05, 4.69) is 5.32 Å². The summed E-state index contributed by atoms with van der Waals surface area (Å²) in [5.74, 6) is 0.145. The minimum atomic E-state index is -0.164. The van der Waals surface area contributed by atoms with Crippen molar-refractivity contribution >= 4 is 5.91 Å². The van der Waals surface area contributed by atoms with Gasteiger partial charge in [-0.3, -0.25) is 4.79 Å². The van der Waals surface area contributed by atoms with Crippen LogP contribution in [0.5, 0.6) is 0 Å². The largest absolute Gasteiger partial charge is 0.383 e. The molecule has 5 heteroatoms. The van der Waals surface area contributed by atoms with Crippen LogP contribution in [0.1, 0.15) is 13.8 Å². The second kappa shape index (κ2) is 6.83. The van der Waals surface area contributed by atoms with Gasteiger partial charge in [0.15, 0.2) is 0 Å². The first-order chi connectivity index (χ1) is 7.65. The summed E-state index contributed by atoms with van der Waals surface area (Å²) in [6.45, 7) is 7.20. The van der Waals surface area contributed by atoms with Gasteiger partial charge in [0.1, 0.15) is 0 Å². The quantitative estimate of drug-likeness (QED) is 0.714. The van der Waals surface area contributed by atoms with E-state index in [9.17, 15) is 4.79 Å². The van der Waals surface area contributed by atoms with Crippen molar-refractivity contribution in [1.82, 2.24) is 10.2 Å². The molecule has 1 N–H and O–H groups in total. The van der Waals surface area contributed by atoms with Crippen LogP contribution in [-0.2, 0) is 14.3 Å². The monoisotopic (exact) mass is 230 g/mol. The molecule has 1 fully saturated rings. The van der Waals surface area contributed by atoms with Gasteiger partial charge in [0.25, 0.3) is 0 Å². The highest BCUT2D eigenvalue weighted by Crippen LogP contribution is 2.01. The SMILES string of the molecule is COCC(C)NC(C)C(=O)N1CCOCC1. The molecule has 0 spiro atoms. The predicted octanol–water partition coefficient (Wildman–Crippen LogP) is -0.142. The number of amides is 1. The van der Waals surface area contributed by atoms with E-state index in [-0.39, 0.29) is 18.0 Å². The summed E-state index contributed by atoms with van der Waals surface area (Å²) in [5.41, 5.74) is 0. The lowest BCUT2D eigenvalue weighted by molar-refractivity contribution is -0.137. The smallest absolute Gasteiger partial charge is 0.239 e. The van der Waals surface area contributed by atoms with Gasteiger partial charge in [0.05, 0.1) is 25.9 Å². The van der Waals surface area contributed by atoms with Gasteiger partial charge in [-0.1, -0.05) is 0 Å². The van der Waals surface area contributed by atoms with Crippen molar-refractivity contribution in [3.8, 4) is 0 Å². The van der Waals surface area contributed by atoms with Gasteiger partial charge in [-0.15, -0.1) is 0 Å². The van der Waals surface area contributed by atoms with Crippen LogP contribution in [0.25, 0.3) is 0 Å². The van der Waals surface area contributed by atoms with Crippen LogP contribution >= 0.6 is 0 Å². The maximum absolute atomic E-state index is 12.0. The van der Waals surface area contributed by atoms with Crippen molar-refractivity contribution in [2.45, 2.75) is 25.9 Å². The van der Waals surface area contributed by atoms with Crippen molar-refractivity contribution in [3.05, 3.63) is 0 Å². The Bertz CT molecular complexity index is 217. The van der Waals surface area contributed by atoms with Crippen LogP contribution < -0.4 is 5.32 Å². The summed E-state index contributed by atoms with van der Waals surface area (Å²) < 4.78 is 10.2. The lowest BCUT2D eigenvalue weighted by Gasteiger charge is -2.30. The zero-order valence-corrected chi connectivity index (χ0v) is 10.4. The Hall–Kier alpha value is -0.650. The Morgan fingerprint density at radius 1 is 1.44 bits per heavy atom. The van der Waals surface area contributed by atoms with E-state index in [1.165, 1.54) is 0 Å². The molecule has 1 heterocycles. The van der Waals surface area contributed by atoms with Gasteiger partial charge in [-0.2, -0.15) is 0 Å². The first kappa shape index (κ1) is 13.4. The first-order valence-corrected chi connectivity index (χ1v) is 5.76. The van der Waals surface area contributed by atoms with Crippen molar-refractivity contribution in [2.24, 2.45) is 0 Å². The molecular formula is C11H22N2O3. The molecule has 0 radical (unpaired) electrons. The number of carbonyl (C=O) groups is 1. The molecule has 0 aromatic carbocycles. The molecule has 1 amide bonds. The second-order valence-corrected chi connectivity index (χ2v) is 4.18. The van der Waals surface area contributed by atoms with E-state index < -0.39 is 0 Å². The van der Waals surface area contributed by atoms with E-state index in [1.807, 2.05) is 18.7 Å². The van der Waals surface area contributed by atoms with E-state index in [4.69, 9.17) is 9.47 Å². The van der Waals surface area contributed by atoms with E-state index in [0.717, 1.165) is 0 Å². The Morgan fingerprint density at radius 3 is 2.62 bits per heavy atom. The second-order valence-electron chi connectivity index (χ2n) is 4.18. The van der Waals surface area contributed by atoms with Crippen molar-refractivity contribution in [3.63, 3.8) is 0 Å². The highest BCUT2D eigenvalue weighted by Gasteiger charge is 2.23. The number of hydrogen-bond donors (Lipinski definition) is 1. The van der Waals surface area contributed by atoms with Crippen LogP contribution in [0.3, 0.4) is 0 Å². The molecule has 1 rings (SSSR count). The predicted molar refractivity (Wildman–Crippen MR) is 61.3 cm³/mol. The molecule has 0 saturated carbocycles. The van der Waals surface area contributed by atoms with Crippen molar-refractivity contribution < 1.29 is 14.3 Å². The lowest BCUT2D eigenvalue weighted by Crippen LogP contribution is -2.51. The highest BCUT2D eigenvalue weighted by molar-refractivity contribution is 5.81. The summed E-state index contributed by atoms with van der Waals surface area (Å²) >= 11 is 0. The van der Waals surface area contributed by atoms with Crippen LogP contribution in [0.4, 0.5) is 0 Å². The fourth-order valence-electron chi connectivity index (χ4n) is 1.85. The maximum Gasteiger partial charge on any atom is 0.239 e. The third-order valence-corrected chi connectivity index (χ3v) is 2.64. The highest BCUT2D eigenvalue weighted by atomic mass is 16.5. The summed E-state index contributed by atoms with van der Waals surface area (Å²) in [5, 5.41) is 3.22. The number of morpholine rings is 1. The number of ether oxygens (including phenoxy) is 2. The van der Waals surface area contributed by atoms with Gasteiger partial charge in [0, 0.05) is 26.2 Å². The van der Waals surface area contributed by atoms with Gasteiger partial charge >= 0.3 is 0 Å². The number of methoxy groups -OCH3 is 1. The van der Waals surface area contributed by atoms with Crippen molar-refractivity contribution in [2.75, 3.05) is 40.0 Å². The molecular weight excluding hydrogens is 208 g/mol. The third kappa shape index (κ3) is 4.08. The Morgan fingerprint density at radius 2 is 2.06 bits per heavy atom. The van der Waals surface area contributed by atoms with Gasteiger partial charge in [-0.05, 0) is 13.8 Å². The Balaban J connectivity index is 2.34. The number of rotatable bonds is 5. The van der Waals surface area contributed by atoms with Crippen molar-refractivity contribution in [1.29, 1.82) is 0 Å². The summed E-state index contributed by atoms with van der Waals surface area (Å²) in [6.07, 6.45) is 0. The molecule has 5 nitrogen and oxygen atoms in total. The molecule has 0 aromatic rings. The topological polar surface area (TPSA) is 50.8 Å². The normalized spacial score (nSPS) is 20.6.